The third kappa shape index (κ3) is 8.23. The van der Waals surface area contributed by atoms with Gasteiger partial charge >= 0.3 is 17.9 Å². The Bertz CT molecular complexity index is 1100. The maximum absolute atomic E-state index is 12.3. The van der Waals surface area contributed by atoms with Gasteiger partial charge in [0.05, 0.1) is 31.8 Å². The standard InChI is InChI=1S/C26H30N2O8/c1-26(2,3)19-8-6-16(7-9-19)23(31)27-11-10-22(30)36-15-21(29)28-20-13-17(24(32)34-4)12-18(14-20)25(33)35-5/h6-9,12-14H,10-11,15H2,1-5H3,(H,27,31)(H,28,29). The lowest BCUT2D eigenvalue weighted by Gasteiger charge is -2.19. The molecule has 0 atom stereocenters. The second-order valence-corrected chi connectivity index (χ2v) is 8.82. The molecule has 0 radical (unpaired) electrons. The normalized spacial score (nSPS) is 10.7. The van der Waals surface area contributed by atoms with Crippen LogP contribution in [0.1, 0.15) is 63.8 Å². The second-order valence-electron chi connectivity index (χ2n) is 8.82. The summed E-state index contributed by atoms with van der Waals surface area (Å²) in [7, 11) is 2.35. The molecule has 0 saturated heterocycles. The molecule has 0 unspecified atom stereocenters. The van der Waals surface area contributed by atoms with Crippen molar-refractivity contribution >= 4 is 35.4 Å². The lowest BCUT2D eigenvalue weighted by atomic mass is 9.87. The number of nitrogens with one attached hydrogen (secondary N) is 2. The Morgan fingerprint density at radius 2 is 1.36 bits per heavy atom. The highest BCUT2D eigenvalue weighted by atomic mass is 16.5. The molecule has 10 heteroatoms. The number of esters is 3. The SMILES string of the molecule is COC(=O)c1cc(NC(=O)COC(=O)CCNC(=O)c2ccc(C(C)(C)C)cc2)cc(C(=O)OC)c1. The fraction of sp³-hybridized carbons (Fsp3) is 0.346. The first-order valence-corrected chi connectivity index (χ1v) is 11.1. The van der Waals surface area contributed by atoms with E-state index in [9.17, 15) is 24.0 Å². The van der Waals surface area contributed by atoms with Gasteiger partial charge in [-0.3, -0.25) is 14.4 Å². The van der Waals surface area contributed by atoms with Crippen LogP contribution in [0.5, 0.6) is 0 Å². The molecule has 0 bridgehead atoms. The molecular formula is C26H30N2O8. The van der Waals surface area contributed by atoms with Crippen LogP contribution in [0.2, 0.25) is 0 Å². The highest BCUT2D eigenvalue weighted by Gasteiger charge is 2.17. The largest absolute Gasteiger partial charge is 0.465 e. The lowest BCUT2D eigenvalue weighted by molar-refractivity contribution is -0.147. The zero-order chi connectivity index (χ0) is 26.9. The summed E-state index contributed by atoms with van der Waals surface area (Å²) in [6.45, 7) is 5.66. The van der Waals surface area contributed by atoms with Gasteiger partial charge in [-0.2, -0.15) is 0 Å². The average molecular weight is 499 g/mol. The minimum absolute atomic E-state index is 0.0245. The van der Waals surface area contributed by atoms with E-state index in [1.54, 1.807) is 12.1 Å². The molecule has 10 nitrogen and oxygen atoms in total. The van der Waals surface area contributed by atoms with Crippen molar-refractivity contribution in [3.63, 3.8) is 0 Å². The molecule has 0 spiro atoms. The van der Waals surface area contributed by atoms with Crippen LogP contribution in [0, 0.1) is 0 Å². The first-order chi connectivity index (χ1) is 16.9. The predicted molar refractivity (Wildman–Crippen MR) is 131 cm³/mol. The van der Waals surface area contributed by atoms with Crippen LogP contribution < -0.4 is 10.6 Å². The van der Waals surface area contributed by atoms with Crippen molar-refractivity contribution in [1.82, 2.24) is 5.32 Å². The molecule has 0 aliphatic carbocycles. The average Bonchev–Trinajstić information content (AvgIpc) is 2.85. The molecule has 192 valence electrons. The maximum atomic E-state index is 12.3. The van der Waals surface area contributed by atoms with E-state index in [1.807, 2.05) is 12.1 Å². The summed E-state index contributed by atoms with van der Waals surface area (Å²) in [6.07, 6.45) is -0.136. The summed E-state index contributed by atoms with van der Waals surface area (Å²) in [5.41, 5.74) is 1.70. The van der Waals surface area contributed by atoms with Crippen molar-refractivity contribution in [2.24, 2.45) is 0 Å². The lowest BCUT2D eigenvalue weighted by Crippen LogP contribution is -2.28. The molecule has 2 aromatic carbocycles. The van der Waals surface area contributed by atoms with Crippen LogP contribution in [0.4, 0.5) is 5.69 Å². The molecule has 0 heterocycles. The van der Waals surface area contributed by atoms with Crippen LogP contribution in [0.25, 0.3) is 0 Å². The van der Waals surface area contributed by atoms with E-state index in [2.05, 4.69) is 40.9 Å². The van der Waals surface area contributed by atoms with E-state index in [0.29, 0.717) is 5.56 Å². The molecule has 2 amide bonds. The van der Waals surface area contributed by atoms with Crippen LogP contribution in [0.15, 0.2) is 42.5 Å². The van der Waals surface area contributed by atoms with Gasteiger partial charge in [-0.15, -0.1) is 0 Å². The number of rotatable bonds is 9. The Hall–Kier alpha value is -4.21. The topological polar surface area (TPSA) is 137 Å². The zero-order valence-corrected chi connectivity index (χ0v) is 20.9. The fourth-order valence-electron chi connectivity index (χ4n) is 3.09. The number of benzene rings is 2. The summed E-state index contributed by atoms with van der Waals surface area (Å²) in [5.74, 6) is -3.13. The molecule has 2 rings (SSSR count). The van der Waals surface area contributed by atoms with Crippen molar-refractivity contribution in [3.8, 4) is 0 Å². The number of carbonyl (C=O) groups excluding carboxylic acids is 5. The number of hydrogen-bond donors (Lipinski definition) is 2. The molecule has 0 aliphatic rings. The minimum atomic E-state index is -0.713. The molecule has 2 N–H and O–H groups in total. The number of ether oxygens (including phenoxy) is 3. The monoisotopic (exact) mass is 498 g/mol. The van der Waals surface area contributed by atoms with Gasteiger partial charge in [0.15, 0.2) is 6.61 Å². The quantitative estimate of drug-likeness (QED) is 0.398. The van der Waals surface area contributed by atoms with Gasteiger partial charge in [0.1, 0.15) is 0 Å². The van der Waals surface area contributed by atoms with Gasteiger partial charge < -0.3 is 24.8 Å². The number of methoxy groups -OCH3 is 2. The van der Waals surface area contributed by atoms with E-state index in [4.69, 9.17) is 4.74 Å². The van der Waals surface area contributed by atoms with E-state index < -0.39 is 30.4 Å². The van der Waals surface area contributed by atoms with Gasteiger partial charge in [-0.1, -0.05) is 32.9 Å². The second kappa shape index (κ2) is 12.5. The highest BCUT2D eigenvalue weighted by molar-refractivity contribution is 6.00. The number of hydrogen-bond acceptors (Lipinski definition) is 8. The predicted octanol–water partition coefficient (Wildman–Crippen LogP) is 2.86. The van der Waals surface area contributed by atoms with E-state index in [1.165, 1.54) is 32.4 Å². The van der Waals surface area contributed by atoms with Crippen LogP contribution in [0.3, 0.4) is 0 Å². The van der Waals surface area contributed by atoms with Crippen LogP contribution >= 0.6 is 0 Å². The van der Waals surface area contributed by atoms with Crippen molar-refractivity contribution in [2.45, 2.75) is 32.6 Å². The van der Waals surface area contributed by atoms with Gasteiger partial charge in [0.25, 0.3) is 11.8 Å². The highest BCUT2D eigenvalue weighted by Crippen LogP contribution is 2.22. The molecule has 0 saturated carbocycles. The van der Waals surface area contributed by atoms with Gasteiger partial charge in [0, 0.05) is 17.8 Å². The first-order valence-electron chi connectivity index (χ1n) is 11.1. The molecule has 2 aromatic rings. The van der Waals surface area contributed by atoms with Gasteiger partial charge in [0.2, 0.25) is 0 Å². The molecule has 0 aromatic heterocycles. The van der Waals surface area contributed by atoms with Crippen LogP contribution in [-0.2, 0) is 29.2 Å². The molecule has 0 fully saturated rings. The van der Waals surface area contributed by atoms with Gasteiger partial charge in [-0.25, -0.2) is 9.59 Å². The number of carbonyl (C=O) groups is 5. The van der Waals surface area contributed by atoms with E-state index >= 15 is 0 Å². The Kier molecular flexibility index (Phi) is 9.72. The zero-order valence-electron chi connectivity index (χ0n) is 20.9. The number of anilines is 1. The molecular weight excluding hydrogens is 468 g/mol. The minimum Gasteiger partial charge on any atom is -0.465 e. The van der Waals surface area contributed by atoms with Crippen LogP contribution in [-0.4, -0.2) is 57.1 Å². The third-order valence-corrected chi connectivity index (χ3v) is 5.05. The Morgan fingerprint density at radius 1 is 0.806 bits per heavy atom. The van der Waals surface area contributed by atoms with E-state index in [-0.39, 0.29) is 41.1 Å². The Balaban J connectivity index is 1.84. The van der Waals surface area contributed by atoms with Gasteiger partial charge in [-0.05, 0) is 41.3 Å². The number of amides is 2. The fourth-order valence-corrected chi connectivity index (χ4v) is 3.09. The Labute approximate surface area is 209 Å². The van der Waals surface area contributed by atoms with E-state index in [0.717, 1.165) is 5.56 Å². The summed E-state index contributed by atoms with van der Waals surface area (Å²) < 4.78 is 14.2. The third-order valence-electron chi connectivity index (χ3n) is 5.05. The van der Waals surface area contributed by atoms with Crippen molar-refractivity contribution in [1.29, 1.82) is 0 Å². The van der Waals surface area contributed by atoms with Crippen molar-refractivity contribution in [2.75, 3.05) is 32.7 Å². The molecule has 0 aliphatic heterocycles. The maximum Gasteiger partial charge on any atom is 0.337 e. The summed E-state index contributed by atoms with van der Waals surface area (Å²) in [6, 6.07) is 11.1. The summed E-state index contributed by atoms with van der Waals surface area (Å²) in [5, 5.41) is 5.08. The summed E-state index contributed by atoms with van der Waals surface area (Å²) in [4.78, 5) is 60.1. The van der Waals surface area contributed by atoms with Crippen molar-refractivity contribution < 1.29 is 38.2 Å². The smallest absolute Gasteiger partial charge is 0.337 e. The first kappa shape index (κ1) is 28.0. The molecule has 36 heavy (non-hydrogen) atoms. The van der Waals surface area contributed by atoms with Crippen molar-refractivity contribution in [3.05, 3.63) is 64.7 Å². The summed E-state index contributed by atoms with van der Waals surface area (Å²) >= 11 is 0. The Morgan fingerprint density at radius 3 is 1.86 bits per heavy atom.